The Labute approximate surface area is 155 Å². The van der Waals surface area contributed by atoms with Gasteiger partial charge < -0.3 is 0 Å². The summed E-state index contributed by atoms with van der Waals surface area (Å²) in [7, 11) is -3.52. The molecule has 0 N–H and O–H groups in total. The summed E-state index contributed by atoms with van der Waals surface area (Å²) in [6.07, 6.45) is 2.60. The van der Waals surface area contributed by atoms with Crippen molar-refractivity contribution in [1.29, 1.82) is 0 Å². The molecule has 1 atom stereocenters. The van der Waals surface area contributed by atoms with E-state index in [-0.39, 0.29) is 6.04 Å². The van der Waals surface area contributed by atoms with Crippen LogP contribution in [0.25, 0.3) is 0 Å². The van der Waals surface area contributed by atoms with Crippen LogP contribution in [-0.4, -0.2) is 19.3 Å². The summed E-state index contributed by atoms with van der Waals surface area (Å²) in [5.41, 5.74) is 2.06. The van der Waals surface area contributed by atoms with Gasteiger partial charge in [0.05, 0.1) is 10.9 Å². The van der Waals surface area contributed by atoms with Crippen LogP contribution in [0.4, 0.5) is 0 Å². The molecule has 5 heteroatoms. The Hall–Kier alpha value is -1.36. The molecule has 0 unspecified atom stereocenters. The minimum Gasteiger partial charge on any atom is -0.207 e. The monoisotopic (exact) mass is 377 g/mol. The Morgan fingerprint density at radius 1 is 1.12 bits per heavy atom. The molecule has 1 fully saturated rings. The Balaban J connectivity index is 1.89. The summed E-state index contributed by atoms with van der Waals surface area (Å²) in [4.78, 5) is 0.360. The highest BCUT2D eigenvalue weighted by Crippen LogP contribution is 2.39. The van der Waals surface area contributed by atoms with Crippen LogP contribution in [-0.2, 0) is 16.4 Å². The molecule has 0 aromatic heterocycles. The molecule has 3 rings (SSSR count). The zero-order valence-electron chi connectivity index (χ0n) is 14.7. The van der Waals surface area contributed by atoms with Crippen LogP contribution in [0.3, 0.4) is 0 Å². The Bertz CT molecular complexity index is 831. The minimum atomic E-state index is -3.52. The van der Waals surface area contributed by atoms with Crippen LogP contribution < -0.4 is 0 Å². The van der Waals surface area contributed by atoms with Crippen LogP contribution in [0.15, 0.2) is 53.4 Å². The minimum absolute atomic E-state index is 0.186. The lowest BCUT2D eigenvalue weighted by molar-refractivity contribution is 0.397. The lowest BCUT2D eigenvalue weighted by atomic mass is 10.0. The van der Waals surface area contributed by atoms with E-state index < -0.39 is 10.0 Å². The van der Waals surface area contributed by atoms with Gasteiger partial charge in [-0.15, -0.1) is 0 Å². The average molecular weight is 378 g/mol. The van der Waals surface area contributed by atoms with Crippen molar-refractivity contribution in [3.05, 3.63) is 64.7 Å². The summed E-state index contributed by atoms with van der Waals surface area (Å²) in [6, 6.07) is 14.6. The molecule has 1 saturated heterocycles. The van der Waals surface area contributed by atoms with E-state index in [0.717, 1.165) is 30.4 Å². The molecule has 0 saturated carbocycles. The summed E-state index contributed by atoms with van der Waals surface area (Å²) in [5, 5.41) is 0.627. The first kappa shape index (κ1) is 18.4. The van der Waals surface area contributed by atoms with Crippen molar-refractivity contribution in [2.75, 3.05) is 6.54 Å². The van der Waals surface area contributed by atoms with E-state index in [1.54, 1.807) is 16.4 Å². The lowest BCUT2D eigenvalue weighted by Gasteiger charge is -2.25. The van der Waals surface area contributed by atoms with Gasteiger partial charge in [0, 0.05) is 11.6 Å². The molecule has 0 amide bonds. The third-order valence-electron chi connectivity index (χ3n) is 4.64. The maximum absolute atomic E-state index is 13.1. The second kappa shape index (κ2) is 7.48. The summed E-state index contributed by atoms with van der Waals surface area (Å²) in [5.74, 6) is 0.547. The zero-order valence-corrected chi connectivity index (χ0v) is 16.2. The largest absolute Gasteiger partial charge is 0.243 e. The van der Waals surface area contributed by atoms with Crippen molar-refractivity contribution in [2.45, 2.75) is 44.0 Å². The Morgan fingerprint density at radius 2 is 1.80 bits per heavy atom. The number of hydrogen-bond donors (Lipinski definition) is 0. The highest BCUT2D eigenvalue weighted by molar-refractivity contribution is 7.89. The molecule has 1 aliphatic rings. The smallest absolute Gasteiger partial charge is 0.207 e. The number of nitrogens with zero attached hydrogens (tertiary/aromatic N) is 1. The van der Waals surface area contributed by atoms with Crippen LogP contribution in [0, 0.1) is 5.92 Å². The van der Waals surface area contributed by atoms with Crippen LogP contribution in [0.2, 0.25) is 5.02 Å². The highest BCUT2D eigenvalue weighted by atomic mass is 35.5. The SMILES string of the molecule is CC(C)Cc1ccc(S(=O)(=O)N2CCC[C@@H]2c2ccccc2Cl)cc1. The Morgan fingerprint density at radius 3 is 2.44 bits per heavy atom. The van der Waals surface area contributed by atoms with Gasteiger partial charge in [0.15, 0.2) is 0 Å². The molecular formula is C20H24ClNO2S. The first-order valence-corrected chi connectivity index (χ1v) is 10.6. The van der Waals surface area contributed by atoms with Gasteiger partial charge in [0.2, 0.25) is 10.0 Å². The quantitative estimate of drug-likeness (QED) is 0.729. The molecule has 0 spiro atoms. The van der Waals surface area contributed by atoms with Crippen molar-refractivity contribution in [3.8, 4) is 0 Å². The molecule has 1 aliphatic heterocycles. The van der Waals surface area contributed by atoms with E-state index in [4.69, 9.17) is 11.6 Å². The van der Waals surface area contributed by atoms with Crippen molar-refractivity contribution >= 4 is 21.6 Å². The third kappa shape index (κ3) is 3.91. The molecular weight excluding hydrogens is 354 g/mol. The topological polar surface area (TPSA) is 37.4 Å². The number of hydrogen-bond acceptors (Lipinski definition) is 2. The standard InChI is InChI=1S/C20H24ClNO2S/c1-15(2)14-16-9-11-17(12-10-16)25(23,24)22-13-5-8-20(22)18-6-3-4-7-19(18)21/h3-4,6-7,9-12,15,20H,5,8,13-14H2,1-2H3/t20-/m1/s1. The van der Waals surface area contributed by atoms with Gasteiger partial charge in [-0.2, -0.15) is 4.31 Å². The fourth-order valence-corrected chi connectivity index (χ4v) is 5.42. The van der Waals surface area contributed by atoms with E-state index >= 15 is 0 Å². The van der Waals surface area contributed by atoms with Gasteiger partial charge in [-0.05, 0) is 54.5 Å². The summed E-state index contributed by atoms with van der Waals surface area (Å²) < 4.78 is 27.9. The first-order valence-electron chi connectivity index (χ1n) is 8.75. The van der Waals surface area contributed by atoms with Crippen molar-refractivity contribution in [3.63, 3.8) is 0 Å². The second-order valence-electron chi connectivity index (χ2n) is 7.04. The van der Waals surface area contributed by atoms with E-state index in [0.29, 0.717) is 22.4 Å². The molecule has 25 heavy (non-hydrogen) atoms. The van der Waals surface area contributed by atoms with Gasteiger partial charge in [-0.3, -0.25) is 0 Å². The van der Waals surface area contributed by atoms with E-state index in [1.165, 1.54) is 0 Å². The van der Waals surface area contributed by atoms with Gasteiger partial charge in [-0.1, -0.05) is 55.8 Å². The van der Waals surface area contributed by atoms with Crippen molar-refractivity contribution in [2.24, 2.45) is 5.92 Å². The van der Waals surface area contributed by atoms with Gasteiger partial charge in [-0.25, -0.2) is 8.42 Å². The van der Waals surface area contributed by atoms with E-state index in [1.807, 2.05) is 36.4 Å². The molecule has 0 bridgehead atoms. The van der Waals surface area contributed by atoms with Gasteiger partial charge in [0.1, 0.15) is 0 Å². The predicted molar refractivity (Wildman–Crippen MR) is 102 cm³/mol. The third-order valence-corrected chi connectivity index (χ3v) is 6.91. The number of sulfonamides is 1. The normalized spacial score (nSPS) is 18.8. The maximum Gasteiger partial charge on any atom is 0.243 e. The molecule has 0 aliphatic carbocycles. The molecule has 2 aromatic rings. The number of benzene rings is 2. The fourth-order valence-electron chi connectivity index (χ4n) is 3.49. The second-order valence-corrected chi connectivity index (χ2v) is 9.33. The van der Waals surface area contributed by atoms with Gasteiger partial charge >= 0.3 is 0 Å². The number of rotatable bonds is 5. The first-order chi connectivity index (χ1) is 11.9. The molecule has 2 aromatic carbocycles. The van der Waals surface area contributed by atoms with Crippen molar-refractivity contribution < 1.29 is 8.42 Å². The summed E-state index contributed by atoms with van der Waals surface area (Å²) in [6.45, 7) is 4.85. The van der Waals surface area contributed by atoms with Crippen molar-refractivity contribution in [1.82, 2.24) is 4.31 Å². The van der Waals surface area contributed by atoms with E-state index in [9.17, 15) is 8.42 Å². The van der Waals surface area contributed by atoms with Gasteiger partial charge in [0.25, 0.3) is 0 Å². The Kier molecular flexibility index (Phi) is 5.52. The predicted octanol–water partition coefficient (Wildman–Crippen LogP) is 5.06. The average Bonchev–Trinajstić information content (AvgIpc) is 3.05. The highest BCUT2D eigenvalue weighted by Gasteiger charge is 2.36. The fraction of sp³-hybridized carbons (Fsp3) is 0.400. The van der Waals surface area contributed by atoms with E-state index in [2.05, 4.69) is 13.8 Å². The van der Waals surface area contributed by atoms with Crippen LogP contribution in [0.5, 0.6) is 0 Å². The lowest BCUT2D eigenvalue weighted by Crippen LogP contribution is -2.30. The zero-order chi connectivity index (χ0) is 18.0. The van der Waals surface area contributed by atoms with Crippen LogP contribution >= 0.6 is 11.6 Å². The maximum atomic E-state index is 13.1. The molecule has 134 valence electrons. The molecule has 0 radical (unpaired) electrons. The molecule has 1 heterocycles. The number of halogens is 1. The molecule has 3 nitrogen and oxygen atoms in total. The van der Waals surface area contributed by atoms with Crippen LogP contribution in [0.1, 0.15) is 43.9 Å². The summed E-state index contributed by atoms with van der Waals surface area (Å²) >= 11 is 6.31.